The minimum atomic E-state index is -0.246. The first kappa shape index (κ1) is 17.5. The molecule has 0 fully saturated rings. The smallest absolute Gasteiger partial charge is 0.338 e. The van der Waals surface area contributed by atoms with Gasteiger partial charge in [-0.1, -0.05) is 46.0 Å². The number of benzene rings is 1. The summed E-state index contributed by atoms with van der Waals surface area (Å²) >= 11 is 0. The van der Waals surface area contributed by atoms with E-state index in [1.54, 1.807) is 12.1 Å². The van der Waals surface area contributed by atoms with Gasteiger partial charge < -0.3 is 9.47 Å². The maximum Gasteiger partial charge on any atom is 0.338 e. The average molecular weight is 292 g/mol. The Morgan fingerprint density at radius 2 is 1.48 bits per heavy atom. The first-order valence-corrected chi connectivity index (χ1v) is 8.18. The molecule has 0 saturated heterocycles. The highest BCUT2D eigenvalue weighted by Gasteiger charge is 2.06. The second kappa shape index (κ2) is 11.2. The number of carbonyl (C=O) groups is 1. The number of hydrogen-bond acceptors (Lipinski definition) is 3. The number of carbonyl (C=O) groups excluding carboxylic acids is 1. The van der Waals surface area contributed by atoms with Crippen molar-refractivity contribution in [2.75, 3.05) is 13.2 Å². The molecule has 0 bridgehead atoms. The van der Waals surface area contributed by atoms with Crippen LogP contribution in [0.1, 0.15) is 69.2 Å². The van der Waals surface area contributed by atoms with Crippen molar-refractivity contribution in [3.05, 3.63) is 29.8 Å². The molecule has 0 spiro atoms. The fourth-order valence-corrected chi connectivity index (χ4v) is 2.01. The van der Waals surface area contributed by atoms with Crippen LogP contribution in [0.3, 0.4) is 0 Å². The quantitative estimate of drug-likeness (QED) is 0.425. The zero-order valence-electron chi connectivity index (χ0n) is 13.4. The van der Waals surface area contributed by atoms with Crippen molar-refractivity contribution in [1.82, 2.24) is 0 Å². The Bertz CT molecular complexity index is 384. The van der Waals surface area contributed by atoms with Crippen LogP contribution in [0.5, 0.6) is 5.75 Å². The fraction of sp³-hybridized carbons (Fsp3) is 0.611. The van der Waals surface area contributed by atoms with E-state index in [1.807, 2.05) is 12.1 Å². The van der Waals surface area contributed by atoms with E-state index in [4.69, 9.17) is 9.47 Å². The lowest BCUT2D eigenvalue weighted by molar-refractivity contribution is 0.0498. The van der Waals surface area contributed by atoms with Gasteiger partial charge in [0.1, 0.15) is 5.75 Å². The van der Waals surface area contributed by atoms with Gasteiger partial charge in [-0.2, -0.15) is 0 Å². The molecule has 0 heterocycles. The number of hydrogen-bond donors (Lipinski definition) is 0. The van der Waals surface area contributed by atoms with Gasteiger partial charge in [-0.3, -0.25) is 0 Å². The summed E-state index contributed by atoms with van der Waals surface area (Å²) in [5.74, 6) is 0.564. The molecular weight excluding hydrogens is 264 g/mol. The van der Waals surface area contributed by atoms with E-state index in [1.165, 1.54) is 25.7 Å². The molecule has 0 saturated carbocycles. The third kappa shape index (κ3) is 7.74. The van der Waals surface area contributed by atoms with Gasteiger partial charge in [0.05, 0.1) is 18.8 Å². The fourth-order valence-electron chi connectivity index (χ4n) is 2.01. The van der Waals surface area contributed by atoms with Crippen LogP contribution in [-0.4, -0.2) is 19.2 Å². The van der Waals surface area contributed by atoms with Crippen LogP contribution in [0, 0.1) is 0 Å². The molecule has 0 aliphatic carbocycles. The lowest BCUT2D eigenvalue weighted by Crippen LogP contribution is -2.06. The Kier molecular flexibility index (Phi) is 9.34. The molecule has 0 aliphatic heterocycles. The van der Waals surface area contributed by atoms with Crippen LogP contribution >= 0.6 is 0 Å². The van der Waals surface area contributed by atoms with Crippen molar-refractivity contribution < 1.29 is 14.3 Å². The van der Waals surface area contributed by atoms with E-state index in [2.05, 4.69) is 13.8 Å². The van der Waals surface area contributed by atoms with E-state index in [-0.39, 0.29) is 5.97 Å². The Morgan fingerprint density at radius 1 is 0.857 bits per heavy atom. The standard InChI is InChI=1S/C18H28O3/c1-3-5-7-9-15-21-18(19)16-10-12-17(13-11-16)20-14-8-6-4-2/h10-13H,3-9,14-15H2,1-2H3. The van der Waals surface area contributed by atoms with Crippen molar-refractivity contribution in [3.63, 3.8) is 0 Å². The second-order valence-corrected chi connectivity index (χ2v) is 5.28. The van der Waals surface area contributed by atoms with Crippen molar-refractivity contribution in [3.8, 4) is 5.75 Å². The Labute approximate surface area is 128 Å². The van der Waals surface area contributed by atoms with Crippen molar-refractivity contribution in [2.45, 2.75) is 58.8 Å². The van der Waals surface area contributed by atoms with Gasteiger partial charge in [0.15, 0.2) is 0 Å². The molecule has 3 heteroatoms. The normalized spacial score (nSPS) is 10.4. The Balaban J connectivity index is 2.27. The highest BCUT2D eigenvalue weighted by molar-refractivity contribution is 5.89. The van der Waals surface area contributed by atoms with Crippen LogP contribution in [0.4, 0.5) is 0 Å². The second-order valence-electron chi connectivity index (χ2n) is 5.28. The number of esters is 1. The Hall–Kier alpha value is -1.51. The van der Waals surface area contributed by atoms with Gasteiger partial charge in [-0.25, -0.2) is 4.79 Å². The topological polar surface area (TPSA) is 35.5 Å². The molecule has 0 aromatic heterocycles. The first-order chi connectivity index (χ1) is 10.3. The summed E-state index contributed by atoms with van der Waals surface area (Å²) in [6.45, 7) is 5.57. The number of unbranched alkanes of at least 4 members (excludes halogenated alkanes) is 5. The van der Waals surface area contributed by atoms with E-state index >= 15 is 0 Å². The van der Waals surface area contributed by atoms with Crippen molar-refractivity contribution >= 4 is 5.97 Å². The lowest BCUT2D eigenvalue weighted by atomic mass is 10.2. The zero-order chi connectivity index (χ0) is 15.3. The molecule has 3 nitrogen and oxygen atoms in total. The molecule has 1 aromatic rings. The lowest BCUT2D eigenvalue weighted by Gasteiger charge is -2.07. The summed E-state index contributed by atoms with van der Waals surface area (Å²) in [4.78, 5) is 11.8. The molecule has 118 valence electrons. The molecule has 0 atom stereocenters. The Morgan fingerprint density at radius 3 is 2.14 bits per heavy atom. The van der Waals surface area contributed by atoms with E-state index in [9.17, 15) is 4.79 Å². The molecule has 21 heavy (non-hydrogen) atoms. The van der Waals surface area contributed by atoms with Gasteiger partial charge in [-0.05, 0) is 37.1 Å². The largest absolute Gasteiger partial charge is 0.494 e. The summed E-state index contributed by atoms with van der Waals surface area (Å²) < 4.78 is 10.9. The van der Waals surface area contributed by atoms with Crippen LogP contribution in [-0.2, 0) is 4.74 Å². The minimum absolute atomic E-state index is 0.246. The predicted octanol–water partition coefficient (Wildman–Crippen LogP) is 4.99. The highest BCUT2D eigenvalue weighted by Crippen LogP contribution is 2.14. The molecule has 0 aliphatic rings. The SMILES string of the molecule is CCCCCCOC(=O)c1ccc(OCCCCC)cc1. The van der Waals surface area contributed by atoms with Crippen molar-refractivity contribution in [2.24, 2.45) is 0 Å². The third-order valence-corrected chi connectivity index (χ3v) is 3.34. The maximum absolute atomic E-state index is 11.8. The van der Waals surface area contributed by atoms with Crippen LogP contribution < -0.4 is 4.74 Å². The number of rotatable bonds is 11. The molecule has 1 rings (SSSR count). The third-order valence-electron chi connectivity index (χ3n) is 3.34. The van der Waals surface area contributed by atoms with Crippen LogP contribution in [0.15, 0.2) is 24.3 Å². The van der Waals surface area contributed by atoms with Crippen LogP contribution in [0.25, 0.3) is 0 Å². The van der Waals surface area contributed by atoms with E-state index in [0.29, 0.717) is 12.2 Å². The molecule has 0 N–H and O–H groups in total. The van der Waals surface area contributed by atoms with Gasteiger partial charge in [0.25, 0.3) is 0 Å². The summed E-state index contributed by atoms with van der Waals surface area (Å²) in [6.07, 6.45) is 7.88. The molecule has 0 radical (unpaired) electrons. The molecule has 0 unspecified atom stereocenters. The van der Waals surface area contributed by atoms with Gasteiger partial charge >= 0.3 is 5.97 Å². The van der Waals surface area contributed by atoms with Gasteiger partial charge in [0, 0.05) is 0 Å². The summed E-state index contributed by atoms with van der Waals surface area (Å²) in [5.41, 5.74) is 0.589. The highest BCUT2D eigenvalue weighted by atomic mass is 16.5. The summed E-state index contributed by atoms with van der Waals surface area (Å²) in [6, 6.07) is 7.20. The average Bonchev–Trinajstić information content (AvgIpc) is 2.52. The summed E-state index contributed by atoms with van der Waals surface area (Å²) in [7, 11) is 0. The molecule has 0 amide bonds. The number of ether oxygens (including phenoxy) is 2. The molecular formula is C18H28O3. The van der Waals surface area contributed by atoms with Crippen LogP contribution in [0.2, 0.25) is 0 Å². The van der Waals surface area contributed by atoms with E-state index < -0.39 is 0 Å². The van der Waals surface area contributed by atoms with Gasteiger partial charge in [-0.15, -0.1) is 0 Å². The minimum Gasteiger partial charge on any atom is -0.494 e. The predicted molar refractivity (Wildman–Crippen MR) is 85.9 cm³/mol. The van der Waals surface area contributed by atoms with Gasteiger partial charge in [0.2, 0.25) is 0 Å². The molecule has 1 aromatic carbocycles. The first-order valence-electron chi connectivity index (χ1n) is 8.18. The zero-order valence-corrected chi connectivity index (χ0v) is 13.4. The van der Waals surface area contributed by atoms with E-state index in [0.717, 1.165) is 31.6 Å². The summed E-state index contributed by atoms with van der Waals surface area (Å²) in [5, 5.41) is 0. The van der Waals surface area contributed by atoms with Crippen molar-refractivity contribution in [1.29, 1.82) is 0 Å². The monoisotopic (exact) mass is 292 g/mol. The maximum atomic E-state index is 11.8.